The molecular weight excluding hydrogens is 289 g/mol. The van der Waals surface area contributed by atoms with Crippen molar-refractivity contribution in [2.75, 3.05) is 5.73 Å². The highest BCUT2D eigenvalue weighted by Gasteiger charge is 2.16. The molecule has 0 bridgehead atoms. The van der Waals surface area contributed by atoms with E-state index in [9.17, 15) is 9.90 Å². The van der Waals surface area contributed by atoms with Crippen LogP contribution in [0.25, 0.3) is 11.1 Å². The summed E-state index contributed by atoms with van der Waals surface area (Å²) in [6.07, 6.45) is 0. The lowest BCUT2D eigenvalue weighted by atomic mass is 9.99. The Labute approximate surface area is 119 Å². The van der Waals surface area contributed by atoms with E-state index in [0.29, 0.717) is 10.6 Å². The number of para-hydroxylation sites is 1. The van der Waals surface area contributed by atoms with Crippen LogP contribution in [0.2, 0.25) is 10.0 Å². The van der Waals surface area contributed by atoms with Gasteiger partial charge in [0, 0.05) is 16.1 Å². The Hall–Kier alpha value is -1.91. The van der Waals surface area contributed by atoms with Gasteiger partial charge in [0.1, 0.15) is 5.75 Å². The van der Waals surface area contributed by atoms with Crippen LogP contribution in [-0.4, -0.2) is 16.2 Å². The lowest BCUT2D eigenvalue weighted by Crippen LogP contribution is -2.03. The number of hydrogen-bond donors (Lipinski definition) is 3. The lowest BCUT2D eigenvalue weighted by Gasteiger charge is -2.11. The van der Waals surface area contributed by atoms with Crippen molar-refractivity contribution in [1.29, 1.82) is 0 Å². The predicted molar refractivity (Wildman–Crippen MR) is 74.9 cm³/mol. The minimum Gasteiger partial charge on any atom is -0.506 e. The van der Waals surface area contributed by atoms with Crippen LogP contribution in [0.4, 0.5) is 5.69 Å². The van der Waals surface area contributed by atoms with E-state index in [-0.39, 0.29) is 27.6 Å². The normalized spacial score (nSPS) is 10.4. The summed E-state index contributed by atoms with van der Waals surface area (Å²) >= 11 is 11.7. The van der Waals surface area contributed by atoms with E-state index in [1.807, 2.05) is 0 Å². The van der Waals surface area contributed by atoms with Gasteiger partial charge < -0.3 is 15.9 Å². The molecule has 2 aromatic rings. The van der Waals surface area contributed by atoms with E-state index in [1.165, 1.54) is 24.3 Å². The Morgan fingerprint density at radius 3 is 2.47 bits per heavy atom. The molecule has 4 N–H and O–H groups in total. The zero-order chi connectivity index (χ0) is 14.2. The molecule has 0 fully saturated rings. The molecule has 2 rings (SSSR count). The summed E-state index contributed by atoms with van der Waals surface area (Å²) in [7, 11) is 0. The zero-order valence-corrected chi connectivity index (χ0v) is 11.0. The molecule has 98 valence electrons. The highest BCUT2D eigenvalue weighted by molar-refractivity contribution is 6.36. The number of nitrogen functional groups attached to an aromatic ring is 1. The quantitative estimate of drug-likeness (QED) is 0.739. The van der Waals surface area contributed by atoms with Crippen LogP contribution in [-0.2, 0) is 0 Å². The molecule has 0 spiro atoms. The maximum absolute atomic E-state index is 11.0. The first-order valence-electron chi connectivity index (χ1n) is 5.22. The molecule has 0 aliphatic rings. The first-order valence-corrected chi connectivity index (χ1v) is 5.97. The molecular formula is C13H9Cl2NO3. The highest BCUT2D eigenvalue weighted by atomic mass is 35.5. The first kappa shape index (κ1) is 13.5. The molecule has 2 aromatic carbocycles. The standard InChI is InChI=1S/C13H9Cl2NO3/c14-6-4-9(12(17)10(15)5-6)7-2-1-3-8(11(7)16)13(18)19/h1-5,17H,16H2,(H,18,19). The van der Waals surface area contributed by atoms with Gasteiger partial charge in [-0.15, -0.1) is 0 Å². The largest absolute Gasteiger partial charge is 0.506 e. The first-order chi connectivity index (χ1) is 8.91. The van der Waals surface area contributed by atoms with Crippen molar-refractivity contribution < 1.29 is 15.0 Å². The number of benzene rings is 2. The third-order valence-electron chi connectivity index (χ3n) is 2.65. The zero-order valence-electron chi connectivity index (χ0n) is 9.52. The summed E-state index contributed by atoms with van der Waals surface area (Å²) in [6, 6.07) is 7.36. The summed E-state index contributed by atoms with van der Waals surface area (Å²) in [5, 5.41) is 19.3. The molecule has 0 heterocycles. The minimum absolute atomic E-state index is 0.0450. The van der Waals surface area contributed by atoms with E-state index in [0.717, 1.165) is 0 Å². The van der Waals surface area contributed by atoms with E-state index >= 15 is 0 Å². The second-order valence-electron chi connectivity index (χ2n) is 3.86. The number of halogens is 2. The average Bonchev–Trinajstić information content (AvgIpc) is 2.34. The fourth-order valence-corrected chi connectivity index (χ4v) is 2.25. The molecule has 0 aromatic heterocycles. The van der Waals surface area contributed by atoms with E-state index in [1.54, 1.807) is 6.07 Å². The lowest BCUT2D eigenvalue weighted by molar-refractivity contribution is 0.0698. The van der Waals surface area contributed by atoms with Crippen LogP contribution in [0.5, 0.6) is 5.75 Å². The molecule has 19 heavy (non-hydrogen) atoms. The fourth-order valence-electron chi connectivity index (χ4n) is 1.76. The van der Waals surface area contributed by atoms with Crippen molar-refractivity contribution in [2.24, 2.45) is 0 Å². The van der Waals surface area contributed by atoms with E-state index in [2.05, 4.69) is 0 Å². The van der Waals surface area contributed by atoms with Crippen LogP contribution in [0, 0.1) is 0 Å². The maximum Gasteiger partial charge on any atom is 0.337 e. The topological polar surface area (TPSA) is 83.6 Å². The molecule has 0 aliphatic heterocycles. The van der Waals surface area contributed by atoms with Gasteiger partial charge in [0.2, 0.25) is 0 Å². The number of carboxylic acid groups (broad SMARTS) is 1. The smallest absolute Gasteiger partial charge is 0.337 e. The number of anilines is 1. The summed E-state index contributed by atoms with van der Waals surface area (Å²) in [5.41, 5.74) is 6.46. The molecule has 0 aliphatic carbocycles. The number of carboxylic acids is 1. The highest BCUT2D eigenvalue weighted by Crippen LogP contribution is 2.40. The molecule has 6 heteroatoms. The van der Waals surface area contributed by atoms with E-state index in [4.69, 9.17) is 34.0 Å². The van der Waals surface area contributed by atoms with Gasteiger partial charge in [-0.05, 0) is 18.2 Å². The van der Waals surface area contributed by atoms with Crippen molar-refractivity contribution in [3.8, 4) is 16.9 Å². The Bertz CT molecular complexity index is 671. The molecule has 4 nitrogen and oxygen atoms in total. The van der Waals surface area contributed by atoms with Crippen molar-refractivity contribution in [3.05, 3.63) is 45.9 Å². The van der Waals surface area contributed by atoms with Crippen molar-refractivity contribution in [1.82, 2.24) is 0 Å². The number of nitrogens with two attached hydrogens (primary N) is 1. The van der Waals surface area contributed by atoms with Crippen LogP contribution >= 0.6 is 23.2 Å². The van der Waals surface area contributed by atoms with Gasteiger partial charge in [0.05, 0.1) is 16.3 Å². The number of phenols is 1. The van der Waals surface area contributed by atoms with Crippen molar-refractivity contribution in [2.45, 2.75) is 0 Å². The maximum atomic E-state index is 11.0. The third-order valence-corrected chi connectivity index (χ3v) is 3.16. The molecule has 0 saturated carbocycles. The summed E-state index contributed by atoms with van der Waals surface area (Å²) in [6.45, 7) is 0. The Balaban J connectivity index is 2.73. The van der Waals surface area contributed by atoms with Gasteiger partial charge >= 0.3 is 5.97 Å². The number of aromatic carboxylic acids is 1. The Morgan fingerprint density at radius 1 is 1.16 bits per heavy atom. The summed E-state index contributed by atoms with van der Waals surface area (Å²) in [5.74, 6) is -1.34. The molecule has 0 radical (unpaired) electrons. The summed E-state index contributed by atoms with van der Waals surface area (Å²) < 4.78 is 0. The number of carbonyl (C=O) groups is 1. The van der Waals surface area contributed by atoms with Crippen LogP contribution in [0.3, 0.4) is 0 Å². The molecule has 0 unspecified atom stereocenters. The molecule has 0 saturated heterocycles. The molecule has 0 amide bonds. The van der Waals surface area contributed by atoms with E-state index < -0.39 is 5.97 Å². The van der Waals surface area contributed by atoms with Gasteiger partial charge in [-0.3, -0.25) is 0 Å². The van der Waals surface area contributed by atoms with Crippen LogP contribution in [0.15, 0.2) is 30.3 Å². The summed E-state index contributed by atoms with van der Waals surface area (Å²) in [4.78, 5) is 11.0. The number of aromatic hydroxyl groups is 1. The number of phenolic OH excluding ortho intramolecular Hbond substituents is 1. The average molecular weight is 298 g/mol. The number of hydrogen-bond acceptors (Lipinski definition) is 3. The Morgan fingerprint density at radius 2 is 1.84 bits per heavy atom. The van der Waals surface area contributed by atoms with Gasteiger partial charge in [0.25, 0.3) is 0 Å². The monoisotopic (exact) mass is 297 g/mol. The molecule has 0 atom stereocenters. The third kappa shape index (κ3) is 2.45. The van der Waals surface area contributed by atoms with Crippen molar-refractivity contribution >= 4 is 34.9 Å². The predicted octanol–water partition coefficient (Wildman–Crippen LogP) is 3.65. The number of rotatable bonds is 2. The van der Waals surface area contributed by atoms with Gasteiger partial charge in [-0.2, -0.15) is 0 Å². The second kappa shape index (κ2) is 4.99. The van der Waals surface area contributed by atoms with Crippen LogP contribution in [0.1, 0.15) is 10.4 Å². The Kier molecular flexibility index (Phi) is 3.55. The second-order valence-corrected chi connectivity index (χ2v) is 4.70. The SMILES string of the molecule is Nc1c(C(=O)O)cccc1-c1cc(Cl)cc(Cl)c1O. The fraction of sp³-hybridized carbons (Fsp3) is 0. The minimum atomic E-state index is -1.15. The van der Waals surface area contributed by atoms with Crippen LogP contribution < -0.4 is 5.73 Å². The van der Waals surface area contributed by atoms with Gasteiger partial charge in [0.15, 0.2) is 0 Å². The van der Waals surface area contributed by atoms with Gasteiger partial charge in [-0.1, -0.05) is 35.3 Å². The van der Waals surface area contributed by atoms with Crippen molar-refractivity contribution in [3.63, 3.8) is 0 Å². The van der Waals surface area contributed by atoms with Gasteiger partial charge in [-0.25, -0.2) is 4.79 Å².